The Balaban J connectivity index is 1.27. The molecule has 0 unspecified atom stereocenters. The molecule has 0 amide bonds. The molecular weight excluding hydrogens is 553 g/mol. The number of rotatable bonds is 2. The van der Waals surface area contributed by atoms with Crippen molar-refractivity contribution in [2.75, 3.05) is 0 Å². The van der Waals surface area contributed by atoms with Gasteiger partial charge in [-0.3, -0.25) is 0 Å². The fourth-order valence-electron chi connectivity index (χ4n) is 7.37. The molecule has 8 aromatic carbocycles. The van der Waals surface area contributed by atoms with E-state index in [2.05, 4.69) is 146 Å². The molecule has 0 radical (unpaired) electrons. The van der Waals surface area contributed by atoms with Crippen molar-refractivity contribution in [3.8, 4) is 22.3 Å². The molecule has 0 saturated heterocycles. The smallest absolute Gasteiger partial charge is 0.143 e. The first-order valence-corrected chi connectivity index (χ1v) is 15.8. The first-order chi connectivity index (χ1) is 21.8. The Morgan fingerprint density at radius 2 is 0.932 bits per heavy atom. The number of hydrogen-bond donors (Lipinski definition) is 0. The first-order valence-electron chi connectivity index (χ1n) is 15.0. The lowest BCUT2D eigenvalue weighted by Crippen LogP contribution is -1.90. The summed E-state index contributed by atoms with van der Waals surface area (Å²) in [4.78, 5) is 0. The summed E-state index contributed by atoms with van der Waals surface area (Å²) in [5, 5.41) is 12.4. The van der Waals surface area contributed by atoms with Gasteiger partial charge < -0.3 is 4.42 Å². The van der Waals surface area contributed by atoms with Crippen molar-refractivity contribution in [1.29, 1.82) is 0 Å². The van der Waals surface area contributed by atoms with Crippen molar-refractivity contribution >= 4 is 85.8 Å². The molecule has 0 aliphatic heterocycles. The van der Waals surface area contributed by atoms with Gasteiger partial charge in [-0.25, -0.2) is 0 Å². The molecule has 0 bridgehead atoms. The molecule has 44 heavy (non-hydrogen) atoms. The SMILES string of the molecule is c1ccc(-c2c3ccccc3c(-c3ccc4oc5c(ccc6c5ccc5sc7ccccc7c56)c4c3)c3ccccc23)cc1. The second kappa shape index (κ2) is 9.03. The lowest BCUT2D eigenvalue weighted by atomic mass is 9.86. The topological polar surface area (TPSA) is 13.1 Å². The summed E-state index contributed by atoms with van der Waals surface area (Å²) in [5.41, 5.74) is 6.87. The van der Waals surface area contributed by atoms with E-state index in [9.17, 15) is 0 Å². The summed E-state index contributed by atoms with van der Waals surface area (Å²) in [6, 6.07) is 52.9. The van der Waals surface area contributed by atoms with Crippen LogP contribution in [0.1, 0.15) is 0 Å². The molecule has 204 valence electrons. The van der Waals surface area contributed by atoms with Crippen LogP contribution in [0.4, 0.5) is 0 Å². The van der Waals surface area contributed by atoms with Crippen LogP contribution >= 0.6 is 11.3 Å². The average molecular weight is 577 g/mol. The zero-order valence-corrected chi connectivity index (χ0v) is 24.5. The molecule has 10 aromatic rings. The first kappa shape index (κ1) is 24.0. The van der Waals surface area contributed by atoms with Gasteiger partial charge in [0.05, 0.1) is 0 Å². The monoisotopic (exact) mass is 576 g/mol. The minimum atomic E-state index is 0.918. The van der Waals surface area contributed by atoms with Crippen LogP contribution in [0.15, 0.2) is 150 Å². The summed E-state index contributed by atoms with van der Waals surface area (Å²) in [6.07, 6.45) is 0. The van der Waals surface area contributed by atoms with E-state index in [0.717, 1.165) is 21.9 Å². The van der Waals surface area contributed by atoms with E-state index in [1.165, 1.54) is 74.7 Å². The van der Waals surface area contributed by atoms with Gasteiger partial charge in [-0.05, 0) is 85.6 Å². The molecule has 2 heteroatoms. The predicted octanol–water partition coefficient (Wildman–Crippen LogP) is 12.7. The zero-order valence-electron chi connectivity index (χ0n) is 23.7. The van der Waals surface area contributed by atoms with Crippen LogP contribution in [0.2, 0.25) is 0 Å². The highest BCUT2D eigenvalue weighted by Gasteiger charge is 2.19. The zero-order chi connectivity index (χ0) is 28.8. The van der Waals surface area contributed by atoms with Gasteiger partial charge in [0.25, 0.3) is 0 Å². The van der Waals surface area contributed by atoms with Crippen molar-refractivity contribution in [3.05, 3.63) is 146 Å². The molecule has 0 aliphatic rings. The Kier molecular flexibility index (Phi) is 4.94. The molecule has 2 aromatic heterocycles. The number of benzene rings is 8. The third kappa shape index (κ3) is 3.29. The van der Waals surface area contributed by atoms with Crippen LogP contribution in [0, 0.1) is 0 Å². The average Bonchev–Trinajstić information content (AvgIpc) is 3.66. The number of furan rings is 1. The van der Waals surface area contributed by atoms with E-state index in [1.807, 2.05) is 11.3 Å². The van der Waals surface area contributed by atoms with Gasteiger partial charge in [0.1, 0.15) is 11.2 Å². The molecule has 2 heterocycles. The molecular formula is C42H24OS. The van der Waals surface area contributed by atoms with Gasteiger partial charge in [-0.1, -0.05) is 109 Å². The second-order valence-electron chi connectivity index (χ2n) is 11.6. The Morgan fingerprint density at radius 1 is 0.364 bits per heavy atom. The summed E-state index contributed by atoms with van der Waals surface area (Å²) in [7, 11) is 0. The highest BCUT2D eigenvalue weighted by atomic mass is 32.1. The van der Waals surface area contributed by atoms with E-state index < -0.39 is 0 Å². The molecule has 0 atom stereocenters. The van der Waals surface area contributed by atoms with Crippen molar-refractivity contribution in [2.45, 2.75) is 0 Å². The largest absolute Gasteiger partial charge is 0.455 e. The van der Waals surface area contributed by atoms with E-state index in [4.69, 9.17) is 4.42 Å². The maximum Gasteiger partial charge on any atom is 0.143 e. The Hall–Kier alpha value is -5.44. The number of thiophene rings is 1. The van der Waals surface area contributed by atoms with Crippen LogP contribution in [0.25, 0.3) is 96.7 Å². The van der Waals surface area contributed by atoms with Crippen LogP contribution in [-0.2, 0) is 0 Å². The van der Waals surface area contributed by atoms with Gasteiger partial charge in [-0.15, -0.1) is 11.3 Å². The minimum Gasteiger partial charge on any atom is -0.455 e. The van der Waals surface area contributed by atoms with Crippen LogP contribution in [0.3, 0.4) is 0 Å². The van der Waals surface area contributed by atoms with E-state index in [1.54, 1.807) is 0 Å². The number of hydrogen-bond acceptors (Lipinski definition) is 2. The van der Waals surface area contributed by atoms with E-state index in [-0.39, 0.29) is 0 Å². The van der Waals surface area contributed by atoms with Crippen molar-refractivity contribution < 1.29 is 4.42 Å². The van der Waals surface area contributed by atoms with Crippen molar-refractivity contribution in [1.82, 2.24) is 0 Å². The number of fused-ring (bicyclic) bond motifs is 11. The molecule has 0 spiro atoms. The molecule has 0 saturated carbocycles. The standard InChI is InChI=1S/C42H24OS/c1-2-10-25(11-3-1)39-27-12-4-6-14-29(27)40(30-15-7-5-13-28(30)39)26-18-22-36-35(24-26)33-20-19-31-32(42(33)43-36)21-23-38-41(31)34-16-8-9-17-37(34)44-38/h1-24H. The fourth-order valence-corrected chi connectivity index (χ4v) is 8.50. The molecule has 0 fully saturated rings. The van der Waals surface area contributed by atoms with Gasteiger partial charge >= 0.3 is 0 Å². The fraction of sp³-hybridized carbons (Fsp3) is 0. The summed E-state index contributed by atoms with van der Waals surface area (Å²) in [5.74, 6) is 0. The minimum absolute atomic E-state index is 0.918. The summed E-state index contributed by atoms with van der Waals surface area (Å²) >= 11 is 1.86. The Bertz CT molecular complexity index is 2710. The molecule has 10 rings (SSSR count). The molecule has 1 nitrogen and oxygen atoms in total. The Labute approximate surface area is 257 Å². The van der Waals surface area contributed by atoms with Crippen LogP contribution in [-0.4, -0.2) is 0 Å². The highest BCUT2D eigenvalue weighted by Crippen LogP contribution is 2.46. The van der Waals surface area contributed by atoms with Crippen LogP contribution in [0.5, 0.6) is 0 Å². The quantitative estimate of drug-likeness (QED) is 0.187. The van der Waals surface area contributed by atoms with E-state index >= 15 is 0 Å². The van der Waals surface area contributed by atoms with Crippen LogP contribution < -0.4 is 0 Å². The summed E-state index contributed by atoms with van der Waals surface area (Å²) < 4.78 is 9.28. The van der Waals surface area contributed by atoms with Crippen molar-refractivity contribution in [2.24, 2.45) is 0 Å². The maximum absolute atomic E-state index is 6.65. The summed E-state index contributed by atoms with van der Waals surface area (Å²) in [6.45, 7) is 0. The van der Waals surface area contributed by atoms with Gasteiger partial charge in [0.15, 0.2) is 0 Å². The lowest BCUT2D eigenvalue weighted by molar-refractivity contribution is 0.673. The van der Waals surface area contributed by atoms with E-state index in [0.29, 0.717) is 0 Å². The van der Waals surface area contributed by atoms with Gasteiger partial charge in [-0.2, -0.15) is 0 Å². The maximum atomic E-state index is 6.65. The predicted molar refractivity (Wildman–Crippen MR) is 190 cm³/mol. The molecule has 0 N–H and O–H groups in total. The van der Waals surface area contributed by atoms with Crippen molar-refractivity contribution in [3.63, 3.8) is 0 Å². The van der Waals surface area contributed by atoms with Gasteiger partial charge in [0, 0.05) is 36.3 Å². The third-order valence-electron chi connectivity index (χ3n) is 9.25. The Morgan fingerprint density at radius 3 is 1.66 bits per heavy atom. The van der Waals surface area contributed by atoms with Gasteiger partial charge in [0.2, 0.25) is 0 Å². The normalized spacial score (nSPS) is 12.1. The second-order valence-corrected chi connectivity index (χ2v) is 12.7. The third-order valence-corrected chi connectivity index (χ3v) is 10.4. The molecule has 0 aliphatic carbocycles. The highest BCUT2D eigenvalue weighted by molar-refractivity contribution is 7.26. The lowest BCUT2D eigenvalue weighted by Gasteiger charge is -2.17.